The van der Waals surface area contributed by atoms with Gasteiger partial charge >= 0.3 is 0 Å². The van der Waals surface area contributed by atoms with E-state index >= 15 is 0 Å². The van der Waals surface area contributed by atoms with Crippen molar-refractivity contribution in [2.75, 3.05) is 4.90 Å². The maximum atomic E-state index is 13.8. The van der Waals surface area contributed by atoms with E-state index in [1.165, 1.54) is 12.1 Å². The Morgan fingerprint density at radius 1 is 1.18 bits per heavy atom. The Hall–Kier alpha value is -2.62. The molecule has 0 aromatic heterocycles. The maximum absolute atomic E-state index is 13.8. The van der Waals surface area contributed by atoms with Crippen LogP contribution in [0.4, 0.5) is 10.1 Å². The van der Waals surface area contributed by atoms with Gasteiger partial charge < -0.3 is 11.5 Å². The van der Waals surface area contributed by atoms with Gasteiger partial charge in [0.1, 0.15) is 11.5 Å². The molecule has 0 atom stereocenters. The molecule has 0 bridgehead atoms. The van der Waals surface area contributed by atoms with Crippen LogP contribution in [0.3, 0.4) is 0 Å². The zero-order valence-electron chi connectivity index (χ0n) is 12.1. The number of hydrogen-bond acceptors (Lipinski definition) is 6. The highest BCUT2D eigenvalue weighted by Gasteiger charge is 2.42. The van der Waals surface area contributed by atoms with Gasteiger partial charge in [-0.2, -0.15) is 10.3 Å². The molecule has 0 unspecified atom stereocenters. The summed E-state index contributed by atoms with van der Waals surface area (Å²) >= 11 is 0. The Kier molecular flexibility index (Phi) is 3.45. The second-order valence-corrected chi connectivity index (χ2v) is 5.63. The molecule has 4 N–H and O–H groups in total. The lowest BCUT2D eigenvalue weighted by atomic mass is 9.87. The van der Waals surface area contributed by atoms with Crippen molar-refractivity contribution in [3.8, 4) is 6.07 Å². The third-order valence-corrected chi connectivity index (χ3v) is 4.12. The Morgan fingerprint density at radius 3 is 2.59 bits per heavy atom. The molecule has 0 amide bonds. The average Bonchev–Trinajstić information content (AvgIpc) is 2.46. The number of rotatable bonds is 1. The van der Waals surface area contributed by atoms with Crippen molar-refractivity contribution >= 4 is 17.6 Å². The van der Waals surface area contributed by atoms with Crippen molar-refractivity contribution in [1.82, 2.24) is 0 Å². The van der Waals surface area contributed by atoms with Crippen LogP contribution in [0.1, 0.15) is 37.7 Å². The molecular weight excluding hydrogens is 283 g/mol. The summed E-state index contributed by atoms with van der Waals surface area (Å²) in [5.74, 6) is -0.160. The van der Waals surface area contributed by atoms with E-state index in [4.69, 9.17) is 16.7 Å². The first-order valence-corrected chi connectivity index (χ1v) is 7.24. The van der Waals surface area contributed by atoms with Crippen LogP contribution in [0, 0.1) is 17.1 Å². The molecule has 6 nitrogen and oxygen atoms in total. The number of nitrogens with two attached hydrogens (primary N) is 2. The van der Waals surface area contributed by atoms with Crippen molar-refractivity contribution in [2.24, 2.45) is 21.5 Å². The topological polar surface area (TPSA) is 104 Å². The molecule has 2 aliphatic rings. The lowest BCUT2D eigenvalue weighted by molar-refractivity contribution is 0.305. The minimum absolute atomic E-state index is 0.146. The summed E-state index contributed by atoms with van der Waals surface area (Å²) in [6.45, 7) is 0. The summed E-state index contributed by atoms with van der Waals surface area (Å²) in [7, 11) is 0. The zero-order valence-corrected chi connectivity index (χ0v) is 12.1. The largest absolute Gasteiger partial charge is 0.369 e. The summed E-state index contributed by atoms with van der Waals surface area (Å²) < 4.78 is 13.8. The van der Waals surface area contributed by atoms with E-state index in [9.17, 15) is 4.39 Å². The fraction of sp³-hybridized carbons (Fsp3) is 0.400. The summed E-state index contributed by atoms with van der Waals surface area (Å²) in [6, 6.07) is 6.08. The quantitative estimate of drug-likeness (QED) is 0.825. The van der Waals surface area contributed by atoms with Crippen LogP contribution in [0.5, 0.6) is 0 Å². The molecule has 1 spiro atoms. The maximum Gasteiger partial charge on any atom is 0.220 e. The van der Waals surface area contributed by atoms with Gasteiger partial charge in [0, 0.05) is 0 Å². The predicted molar refractivity (Wildman–Crippen MR) is 82.7 cm³/mol. The van der Waals surface area contributed by atoms with Crippen molar-refractivity contribution in [3.63, 3.8) is 0 Å². The number of hydrogen-bond donors (Lipinski definition) is 2. The second kappa shape index (κ2) is 5.30. The summed E-state index contributed by atoms with van der Waals surface area (Å²) in [4.78, 5) is 10.2. The summed E-state index contributed by atoms with van der Waals surface area (Å²) in [5.41, 5.74) is 11.9. The molecule has 1 aromatic carbocycles. The molecule has 1 aromatic rings. The van der Waals surface area contributed by atoms with Gasteiger partial charge in [-0.15, -0.1) is 0 Å². The molecular formula is C15H17FN6. The zero-order chi connectivity index (χ0) is 15.7. The molecule has 1 fully saturated rings. The summed E-state index contributed by atoms with van der Waals surface area (Å²) in [6.07, 6.45) is 4.63. The minimum Gasteiger partial charge on any atom is -0.369 e. The monoisotopic (exact) mass is 300 g/mol. The molecule has 114 valence electrons. The van der Waals surface area contributed by atoms with Crippen LogP contribution in [-0.4, -0.2) is 17.6 Å². The van der Waals surface area contributed by atoms with E-state index in [1.807, 2.05) is 6.07 Å². The fourth-order valence-corrected chi connectivity index (χ4v) is 3.26. The van der Waals surface area contributed by atoms with E-state index in [0.717, 1.165) is 32.1 Å². The van der Waals surface area contributed by atoms with Gasteiger partial charge in [0.05, 0.1) is 17.3 Å². The molecule has 22 heavy (non-hydrogen) atoms. The van der Waals surface area contributed by atoms with E-state index in [0.29, 0.717) is 5.69 Å². The molecule has 3 rings (SSSR count). The Balaban J connectivity index is 2.12. The Labute approximate surface area is 127 Å². The standard InChI is InChI=1S/C15H17FN6/c16-11-6-10(9-17)7-12(8-11)22-14(19)20-13(18)21-15(22)4-2-1-3-5-15/h6-8H,1-5H2,(H4,18,19,20,21). The lowest BCUT2D eigenvalue weighted by Crippen LogP contribution is -2.58. The van der Waals surface area contributed by atoms with Crippen molar-refractivity contribution in [2.45, 2.75) is 37.8 Å². The molecule has 1 heterocycles. The van der Waals surface area contributed by atoms with Crippen molar-refractivity contribution in [3.05, 3.63) is 29.6 Å². The van der Waals surface area contributed by atoms with Gasteiger partial charge in [-0.3, -0.25) is 4.90 Å². The first-order chi connectivity index (χ1) is 10.5. The SMILES string of the molecule is N#Cc1cc(F)cc(N2C(N)=NC(N)=NC23CCCCC3)c1. The third-order valence-electron chi connectivity index (χ3n) is 4.12. The van der Waals surface area contributed by atoms with E-state index in [2.05, 4.69) is 9.98 Å². The minimum atomic E-state index is -0.630. The Bertz CT molecular complexity index is 696. The highest BCUT2D eigenvalue weighted by atomic mass is 19.1. The predicted octanol–water partition coefficient (Wildman–Crippen LogP) is 1.81. The number of nitriles is 1. The van der Waals surface area contributed by atoms with Crippen LogP contribution < -0.4 is 16.4 Å². The first-order valence-electron chi connectivity index (χ1n) is 7.24. The van der Waals surface area contributed by atoms with Gasteiger partial charge in [-0.05, 0) is 43.9 Å². The molecule has 0 saturated heterocycles. The van der Waals surface area contributed by atoms with Gasteiger partial charge in [0.25, 0.3) is 0 Å². The molecule has 0 radical (unpaired) electrons. The molecule has 1 aliphatic carbocycles. The van der Waals surface area contributed by atoms with Crippen LogP contribution in [0.15, 0.2) is 28.2 Å². The van der Waals surface area contributed by atoms with E-state index in [-0.39, 0.29) is 17.5 Å². The van der Waals surface area contributed by atoms with Crippen LogP contribution in [-0.2, 0) is 0 Å². The highest BCUT2D eigenvalue weighted by Crippen LogP contribution is 2.39. The van der Waals surface area contributed by atoms with E-state index < -0.39 is 11.5 Å². The molecule has 7 heteroatoms. The number of aliphatic imine (C=N–C) groups is 2. The van der Waals surface area contributed by atoms with Crippen LogP contribution in [0.2, 0.25) is 0 Å². The number of benzene rings is 1. The smallest absolute Gasteiger partial charge is 0.220 e. The van der Waals surface area contributed by atoms with E-state index in [1.54, 1.807) is 11.0 Å². The van der Waals surface area contributed by atoms with Crippen LogP contribution in [0.25, 0.3) is 0 Å². The van der Waals surface area contributed by atoms with Gasteiger partial charge in [-0.25, -0.2) is 9.38 Å². The number of nitrogens with zero attached hydrogens (tertiary/aromatic N) is 4. The van der Waals surface area contributed by atoms with Gasteiger partial charge in [-0.1, -0.05) is 6.42 Å². The number of anilines is 1. The highest BCUT2D eigenvalue weighted by molar-refractivity contribution is 6.05. The number of halogens is 1. The lowest BCUT2D eigenvalue weighted by Gasteiger charge is -2.45. The first kappa shape index (κ1) is 14.3. The number of guanidine groups is 2. The van der Waals surface area contributed by atoms with Gasteiger partial charge in [0.2, 0.25) is 11.9 Å². The van der Waals surface area contributed by atoms with Crippen molar-refractivity contribution < 1.29 is 4.39 Å². The average molecular weight is 300 g/mol. The van der Waals surface area contributed by atoms with Crippen molar-refractivity contribution in [1.29, 1.82) is 5.26 Å². The fourth-order valence-electron chi connectivity index (χ4n) is 3.26. The normalized spacial score (nSPS) is 20.3. The summed E-state index contributed by atoms with van der Waals surface area (Å²) in [5, 5.41) is 9.05. The Morgan fingerprint density at radius 2 is 1.91 bits per heavy atom. The third kappa shape index (κ3) is 2.37. The molecule has 1 saturated carbocycles. The second-order valence-electron chi connectivity index (χ2n) is 5.63. The van der Waals surface area contributed by atoms with Crippen LogP contribution >= 0.6 is 0 Å². The molecule has 1 aliphatic heterocycles. The van der Waals surface area contributed by atoms with Gasteiger partial charge in [0.15, 0.2) is 0 Å².